The fraction of sp³-hybridized carbons (Fsp3) is 0.571. The first-order valence-corrected chi connectivity index (χ1v) is 7.59. The van der Waals surface area contributed by atoms with Gasteiger partial charge >= 0.3 is 0 Å². The van der Waals surface area contributed by atoms with Crippen molar-refractivity contribution in [2.75, 3.05) is 13.2 Å². The maximum absolute atomic E-state index is 5.86. The lowest BCUT2D eigenvalue weighted by Gasteiger charge is -2.17. The molecule has 0 N–H and O–H groups in total. The Labute approximate surface area is 123 Å². The zero-order valence-electron chi connectivity index (χ0n) is 11.1. The van der Waals surface area contributed by atoms with Crippen LogP contribution in [0, 0.1) is 5.92 Å². The Balaban J connectivity index is 2.92. The molecule has 0 bridgehead atoms. The summed E-state index contributed by atoms with van der Waals surface area (Å²) in [5.41, 5.74) is 1.02. The first-order chi connectivity index (χ1) is 8.62. The summed E-state index contributed by atoms with van der Waals surface area (Å²) in [7, 11) is 0. The Morgan fingerprint density at radius 3 is 2.56 bits per heavy atom. The van der Waals surface area contributed by atoms with Crippen molar-refractivity contribution in [3.05, 3.63) is 22.2 Å². The summed E-state index contributed by atoms with van der Waals surface area (Å²) in [5, 5.41) is 0. The molecule has 0 aliphatic rings. The van der Waals surface area contributed by atoms with E-state index in [9.17, 15) is 0 Å². The first-order valence-electron chi connectivity index (χ1n) is 6.26. The van der Waals surface area contributed by atoms with Crippen LogP contribution in [-0.2, 0) is 5.88 Å². The summed E-state index contributed by atoms with van der Waals surface area (Å²) >= 11 is 9.37. The molecule has 18 heavy (non-hydrogen) atoms. The maximum atomic E-state index is 5.86. The van der Waals surface area contributed by atoms with E-state index in [1.165, 1.54) is 0 Å². The number of hydrogen-bond donors (Lipinski definition) is 0. The van der Waals surface area contributed by atoms with Crippen molar-refractivity contribution >= 4 is 27.5 Å². The van der Waals surface area contributed by atoms with Crippen molar-refractivity contribution < 1.29 is 9.47 Å². The van der Waals surface area contributed by atoms with E-state index >= 15 is 0 Å². The molecule has 4 heteroatoms. The molecule has 0 saturated carbocycles. The molecular formula is C14H20BrClO2. The van der Waals surface area contributed by atoms with E-state index < -0.39 is 0 Å². The topological polar surface area (TPSA) is 18.5 Å². The third-order valence-corrected chi connectivity index (χ3v) is 3.63. The van der Waals surface area contributed by atoms with Crippen LogP contribution in [0.15, 0.2) is 16.6 Å². The molecule has 1 atom stereocenters. The largest absolute Gasteiger partial charge is 0.490 e. The van der Waals surface area contributed by atoms with Gasteiger partial charge in [-0.25, -0.2) is 0 Å². The van der Waals surface area contributed by atoms with Crippen molar-refractivity contribution in [1.82, 2.24) is 0 Å². The van der Waals surface area contributed by atoms with Crippen LogP contribution < -0.4 is 9.47 Å². The van der Waals surface area contributed by atoms with Gasteiger partial charge in [0.05, 0.1) is 17.7 Å². The average molecular weight is 336 g/mol. The fourth-order valence-electron chi connectivity index (χ4n) is 1.44. The van der Waals surface area contributed by atoms with E-state index in [4.69, 9.17) is 21.1 Å². The highest BCUT2D eigenvalue weighted by molar-refractivity contribution is 9.10. The first kappa shape index (κ1) is 15.6. The van der Waals surface area contributed by atoms with Crippen LogP contribution >= 0.6 is 27.5 Å². The van der Waals surface area contributed by atoms with Gasteiger partial charge in [0, 0.05) is 5.88 Å². The predicted molar refractivity (Wildman–Crippen MR) is 79.8 cm³/mol. The molecule has 1 unspecified atom stereocenters. The zero-order valence-corrected chi connectivity index (χ0v) is 13.5. The van der Waals surface area contributed by atoms with Gasteiger partial charge in [0.2, 0.25) is 0 Å². The fourth-order valence-corrected chi connectivity index (χ4v) is 2.20. The second-order valence-corrected chi connectivity index (χ2v) is 5.42. The number of rotatable bonds is 7. The molecule has 0 amide bonds. The van der Waals surface area contributed by atoms with Gasteiger partial charge in [-0.3, -0.25) is 0 Å². The number of halogens is 2. The van der Waals surface area contributed by atoms with E-state index in [-0.39, 0.29) is 0 Å². The molecule has 0 heterocycles. The molecule has 0 aliphatic heterocycles. The summed E-state index contributed by atoms with van der Waals surface area (Å²) in [6.07, 6.45) is 1.10. The Kier molecular flexibility index (Phi) is 6.87. The van der Waals surface area contributed by atoms with E-state index in [1.807, 2.05) is 19.1 Å². The molecule has 1 aromatic carbocycles. The lowest BCUT2D eigenvalue weighted by Crippen LogP contribution is -2.09. The monoisotopic (exact) mass is 334 g/mol. The minimum atomic E-state index is 0.463. The predicted octanol–water partition coefficient (Wildman–Crippen LogP) is 5.01. The highest BCUT2D eigenvalue weighted by atomic mass is 79.9. The second-order valence-electron chi connectivity index (χ2n) is 4.30. The molecule has 102 valence electrons. The van der Waals surface area contributed by atoms with Crippen LogP contribution in [0.4, 0.5) is 0 Å². The van der Waals surface area contributed by atoms with Crippen LogP contribution in [0.5, 0.6) is 11.5 Å². The van der Waals surface area contributed by atoms with E-state index in [2.05, 4.69) is 29.8 Å². The van der Waals surface area contributed by atoms with E-state index in [0.29, 0.717) is 25.0 Å². The Hall–Kier alpha value is -0.410. The molecule has 0 aliphatic carbocycles. The van der Waals surface area contributed by atoms with Crippen molar-refractivity contribution in [3.63, 3.8) is 0 Å². The van der Waals surface area contributed by atoms with Gasteiger partial charge in [-0.2, -0.15) is 0 Å². The van der Waals surface area contributed by atoms with Crippen molar-refractivity contribution in [2.24, 2.45) is 5.92 Å². The summed E-state index contributed by atoms with van der Waals surface area (Å²) in [6.45, 7) is 7.58. The van der Waals surface area contributed by atoms with Gasteiger partial charge in [-0.15, -0.1) is 11.6 Å². The van der Waals surface area contributed by atoms with Crippen molar-refractivity contribution in [3.8, 4) is 11.5 Å². The Bertz CT molecular complexity index is 382. The smallest absolute Gasteiger partial charge is 0.175 e. The number of benzene rings is 1. The number of alkyl halides is 1. The second kappa shape index (κ2) is 7.90. The van der Waals surface area contributed by atoms with Crippen molar-refractivity contribution in [1.29, 1.82) is 0 Å². The Morgan fingerprint density at radius 1 is 1.28 bits per heavy atom. The molecule has 0 radical (unpaired) electrons. The summed E-state index contributed by atoms with van der Waals surface area (Å²) in [4.78, 5) is 0. The summed E-state index contributed by atoms with van der Waals surface area (Å²) in [5.74, 6) is 2.51. The van der Waals surface area contributed by atoms with E-state index in [1.54, 1.807) is 0 Å². The van der Waals surface area contributed by atoms with Crippen LogP contribution in [-0.4, -0.2) is 13.2 Å². The Morgan fingerprint density at radius 2 is 2.00 bits per heavy atom. The molecule has 0 aromatic heterocycles. The summed E-state index contributed by atoms with van der Waals surface area (Å²) in [6, 6.07) is 3.91. The highest BCUT2D eigenvalue weighted by Gasteiger charge is 2.13. The minimum absolute atomic E-state index is 0.463. The zero-order chi connectivity index (χ0) is 13.5. The van der Waals surface area contributed by atoms with Crippen LogP contribution in [0.1, 0.15) is 32.8 Å². The van der Waals surface area contributed by atoms with Crippen LogP contribution in [0.25, 0.3) is 0 Å². The minimum Gasteiger partial charge on any atom is -0.490 e. The van der Waals surface area contributed by atoms with Gasteiger partial charge in [0.1, 0.15) is 0 Å². The lowest BCUT2D eigenvalue weighted by atomic mass is 10.1. The molecule has 2 nitrogen and oxygen atoms in total. The van der Waals surface area contributed by atoms with Gasteiger partial charge in [0.15, 0.2) is 11.5 Å². The normalized spacial score (nSPS) is 12.3. The molecule has 0 fully saturated rings. The van der Waals surface area contributed by atoms with E-state index in [0.717, 1.165) is 28.0 Å². The molecular weight excluding hydrogens is 316 g/mol. The number of ether oxygens (including phenoxy) is 2. The van der Waals surface area contributed by atoms with Crippen LogP contribution in [0.3, 0.4) is 0 Å². The standard InChI is InChI=1S/C14H20BrClO2/c1-4-10(3)9-18-14-12(15)6-11(8-16)7-13(14)17-5-2/h6-7,10H,4-5,8-9H2,1-3H3. The highest BCUT2D eigenvalue weighted by Crippen LogP contribution is 2.37. The molecule has 0 saturated heterocycles. The van der Waals surface area contributed by atoms with Crippen LogP contribution in [0.2, 0.25) is 0 Å². The van der Waals surface area contributed by atoms with Gasteiger partial charge < -0.3 is 9.47 Å². The molecule has 0 spiro atoms. The third kappa shape index (κ3) is 4.36. The summed E-state index contributed by atoms with van der Waals surface area (Å²) < 4.78 is 12.4. The van der Waals surface area contributed by atoms with Gasteiger partial charge in [-0.1, -0.05) is 20.3 Å². The van der Waals surface area contributed by atoms with Gasteiger partial charge in [0.25, 0.3) is 0 Å². The number of hydrogen-bond acceptors (Lipinski definition) is 2. The molecule has 1 rings (SSSR count). The maximum Gasteiger partial charge on any atom is 0.175 e. The van der Waals surface area contributed by atoms with Crippen molar-refractivity contribution in [2.45, 2.75) is 33.1 Å². The quantitative estimate of drug-likeness (QED) is 0.652. The lowest BCUT2D eigenvalue weighted by molar-refractivity contribution is 0.236. The van der Waals surface area contributed by atoms with Gasteiger partial charge in [-0.05, 0) is 46.5 Å². The molecule has 1 aromatic rings. The third-order valence-electron chi connectivity index (χ3n) is 2.73. The average Bonchev–Trinajstić information content (AvgIpc) is 2.37. The SMILES string of the molecule is CCOc1cc(CCl)cc(Br)c1OCC(C)CC.